The largest absolute Gasteiger partial charge is 0.355 e. The first-order valence-electron chi connectivity index (χ1n) is 6.89. The Morgan fingerprint density at radius 1 is 1.37 bits per heavy atom. The smallest absolute Gasteiger partial charge is 0.227 e. The highest BCUT2D eigenvalue weighted by Gasteiger charge is 2.31. The molecular formula is C13H21N3O3. The molecule has 0 aromatic rings. The third-order valence-electron chi connectivity index (χ3n) is 3.76. The molecule has 0 aromatic heterocycles. The molecule has 6 heteroatoms. The maximum absolute atomic E-state index is 12.4. The summed E-state index contributed by atoms with van der Waals surface area (Å²) in [5.41, 5.74) is 0. The molecule has 0 saturated carbocycles. The van der Waals surface area contributed by atoms with Gasteiger partial charge in [-0.25, -0.2) is 0 Å². The Morgan fingerprint density at radius 3 is 2.79 bits per heavy atom. The summed E-state index contributed by atoms with van der Waals surface area (Å²) in [6, 6.07) is 0.0633. The van der Waals surface area contributed by atoms with Crippen LogP contribution in [0.3, 0.4) is 0 Å². The van der Waals surface area contributed by atoms with E-state index in [4.69, 9.17) is 0 Å². The van der Waals surface area contributed by atoms with Crippen molar-refractivity contribution in [3.8, 4) is 0 Å². The summed E-state index contributed by atoms with van der Waals surface area (Å²) in [5.74, 6) is -0.0214. The van der Waals surface area contributed by atoms with Crippen molar-refractivity contribution in [1.29, 1.82) is 0 Å². The lowest BCUT2D eigenvalue weighted by molar-refractivity contribution is -0.139. The molecule has 2 fully saturated rings. The fraction of sp³-hybridized carbons (Fsp3) is 0.769. The van der Waals surface area contributed by atoms with E-state index in [1.165, 1.54) is 6.92 Å². The Labute approximate surface area is 112 Å². The van der Waals surface area contributed by atoms with Gasteiger partial charge in [0.25, 0.3) is 0 Å². The lowest BCUT2D eigenvalue weighted by atomic mass is 9.96. The Morgan fingerprint density at radius 2 is 2.16 bits per heavy atom. The highest BCUT2D eigenvalue weighted by molar-refractivity contribution is 5.84. The van der Waals surface area contributed by atoms with Gasteiger partial charge in [-0.05, 0) is 19.3 Å². The highest BCUT2D eigenvalue weighted by atomic mass is 16.2. The molecule has 2 unspecified atom stereocenters. The fourth-order valence-corrected chi connectivity index (χ4v) is 2.78. The first-order chi connectivity index (χ1) is 9.06. The van der Waals surface area contributed by atoms with Gasteiger partial charge in [0.15, 0.2) is 0 Å². The summed E-state index contributed by atoms with van der Waals surface area (Å²) in [4.78, 5) is 36.3. The van der Waals surface area contributed by atoms with Crippen molar-refractivity contribution in [2.45, 2.75) is 38.6 Å². The van der Waals surface area contributed by atoms with Gasteiger partial charge in [0.2, 0.25) is 17.7 Å². The van der Waals surface area contributed by atoms with Gasteiger partial charge in [-0.15, -0.1) is 0 Å². The summed E-state index contributed by atoms with van der Waals surface area (Å²) in [7, 11) is 0. The second-order valence-electron chi connectivity index (χ2n) is 5.36. The molecule has 6 nitrogen and oxygen atoms in total. The van der Waals surface area contributed by atoms with Crippen molar-refractivity contribution in [3.63, 3.8) is 0 Å². The molecule has 2 saturated heterocycles. The minimum atomic E-state index is -0.103. The minimum absolute atomic E-state index is 0.0267. The third kappa shape index (κ3) is 3.68. The molecule has 2 N–H and O–H groups in total. The number of nitrogens with one attached hydrogen (secondary N) is 2. The minimum Gasteiger partial charge on any atom is -0.355 e. The van der Waals surface area contributed by atoms with E-state index in [-0.39, 0.29) is 29.7 Å². The van der Waals surface area contributed by atoms with Gasteiger partial charge < -0.3 is 15.5 Å². The molecule has 2 heterocycles. The number of rotatable bonds is 2. The predicted octanol–water partition coefficient (Wildman–Crippen LogP) is -0.360. The van der Waals surface area contributed by atoms with Gasteiger partial charge in [-0.2, -0.15) is 0 Å². The molecule has 2 aliphatic heterocycles. The molecular weight excluding hydrogens is 246 g/mol. The maximum atomic E-state index is 12.4. The number of likely N-dealkylation sites (tertiary alicyclic amines) is 1. The van der Waals surface area contributed by atoms with Crippen molar-refractivity contribution in [2.24, 2.45) is 5.92 Å². The first kappa shape index (κ1) is 13.8. The van der Waals surface area contributed by atoms with Gasteiger partial charge in [0.1, 0.15) is 0 Å². The van der Waals surface area contributed by atoms with Crippen molar-refractivity contribution in [1.82, 2.24) is 15.5 Å². The number of carbonyl (C=O) groups excluding carboxylic acids is 3. The Hall–Kier alpha value is -1.59. The van der Waals surface area contributed by atoms with Crippen LogP contribution in [0, 0.1) is 5.92 Å². The summed E-state index contributed by atoms with van der Waals surface area (Å²) in [5, 5.41) is 5.61. The fourth-order valence-electron chi connectivity index (χ4n) is 2.78. The standard InChI is InChI=1S/C13H21N3O3/c1-9(17)15-11-3-2-6-16(8-11)13(19)10-4-5-12(18)14-7-10/h10-11H,2-8H2,1H3,(H,14,18)(H,15,17). The predicted molar refractivity (Wildman–Crippen MR) is 69.2 cm³/mol. The molecule has 2 aliphatic rings. The van der Waals surface area contributed by atoms with E-state index < -0.39 is 0 Å². The number of amides is 3. The van der Waals surface area contributed by atoms with Crippen molar-refractivity contribution < 1.29 is 14.4 Å². The zero-order valence-corrected chi connectivity index (χ0v) is 11.3. The molecule has 0 aromatic carbocycles. The molecule has 0 aliphatic carbocycles. The van der Waals surface area contributed by atoms with Crippen LogP contribution in [0.1, 0.15) is 32.6 Å². The summed E-state index contributed by atoms with van der Waals surface area (Å²) < 4.78 is 0. The number of piperidine rings is 2. The van der Waals surface area contributed by atoms with Crippen LogP contribution < -0.4 is 10.6 Å². The van der Waals surface area contributed by atoms with Gasteiger partial charge in [-0.3, -0.25) is 14.4 Å². The molecule has 19 heavy (non-hydrogen) atoms. The second kappa shape index (κ2) is 6.04. The van der Waals surface area contributed by atoms with Crippen LogP contribution in [-0.4, -0.2) is 48.3 Å². The Balaban J connectivity index is 1.88. The van der Waals surface area contributed by atoms with Crippen LogP contribution in [0.4, 0.5) is 0 Å². The molecule has 0 spiro atoms. The van der Waals surface area contributed by atoms with Gasteiger partial charge in [0.05, 0.1) is 5.92 Å². The highest BCUT2D eigenvalue weighted by Crippen LogP contribution is 2.18. The van der Waals surface area contributed by atoms with E-state index in [1.807, 2.05) is 4.90 Å². The van der Waals surface area contributed by atoms with Gasteiger partial charge in [-0.1, -0.05) is 0 Å². The van der Waals surface area contributed by atoms with Crippen molar-refractivity contribution >= 4 is 17.7 Å². The zero-order valence-electron chi connectivity index (χ0n) is 11.3. The summed E-state index contributed by atoms with van der Waals surface area (Å²) in [6.07, 6.45) is 2.89. The maximum Gasteiger partial charge on any atom is 0.227 e. The van der Waals surface area contributed by atoms with Crippen molar-refractivity contribution in [3.05, 3.63) is 0 Å². The van der Waals surface area contributed by atoms with E-state index in [0.29, 0.717) is 25.9 Å². The second-order valence-corrected chi connectivity index (χ2v) is 5.36. The monoisotopic (exact) mass is 267 g/mol. The van der Waals surface area contributed by atoms with E-state index in [1.54, 1.807) is 0 Å². The van der Waals surface area contributed by atoms with E-state index in [0.717, 1.165) is 19.4 Å². The van der Waals surface area contributed by atoms with Crippen LogP contribution >= 0.6 is 0 Å². The van der Waals surface area contributed by atoms with Gasteiger partial charge in [0, 0.05) is 39.0 Å². The zero-order chi connectivity index (χ0) is 13.8. The summed E-state index contributed by atoms with van der Waals surface area (Å²) >= 11 is 0. The molecule has 2 atom stereocenters. The first-order valence-corrected chi connectivity index (χ1v) is 6.89. The molecule has 0 radical (unpaired) electrons. The van der Waals surface area contributed by atoms with E-state index in [9.17, 15) is 14.4 Å². The SMILES string of the molecule is CC(=O)NC1CCCN(C(=O)C2CCC(=O)NC2)C1. The lowest BCUT2D eigenvalue weighted by Gasteiger charge is -2.36. The van der Waals surface area contributed by atoms with Crippen LogP contribution in [0.2, 0.25) is 0 Å². The van der Waals surface area contributed by atoms with Crippen LogP contribution in [0.15, 0.2) is 0 Å². The lowest BCUT2D eigenvalue weighted by Crippen LogP contribution is -2.52. The van der Waals surface area contributed by atoms with Crippen molar-refractivity contribution in [2.75, 3.05) is 19.6 Å². The number of carbonyl (C=O) groups is 3. The van der Waals surface area contributed by atoms with E-state index >= 15 is 0 Å². The molecule has 3 amide bonds. The third-order valence-corrected chi connectivity index (χ3v) is 3.76. The Bertz CT molecular complexity index is 373. The number of nitrogens with zero attached hydrogens (tertiary/aromatic N) is 1. The Kier molecular flexibility index (Phi) is 4.39. The van der Waals surface area contributed by atoms with Crippen LogP contribution in [0.5, 0.6) is 0 Å². The average Bonchev–Trinajstić information content (AvgIpc) is 2.38. The number of hydrogen-bond acceptors (Lipinski definition) is 3. The normalized spacial score (nSPS) is 27.6. The molecule has 2 rings (SSSR count). The topological polar surface area (TPSA) is 78.5 Å². The van der Waals surface area contributed by atoms with Gasteiger partial charge >= 0.3 is 0 Å². The molecule has 106 valence electrons. The van der Waals surface area contributed by atoms with Crippen LogP contribution in [0.25, 0.3) is 0 Å². The molecule has 0 bridgehead atoms. The van der Waals surface area contributed by atoms with Crippen LogP contribution in [-0.2, 0) is 14.4 Å². The van der Waals surface area contributed by atoms with E-state index in [2.05, 4.69) is 10.6 Å². The summed E-state index contributed by atoms with van der Waals surface area (Å²) in [6.45, 7) is 3.28. The quantitative estimate of drug-likeness (QED) is 0.717. The average molecular weight is 267 g/mol. The number of hydrogen-bond donors (Lipinski definition) is 2.